The van der Waals surface area contributed by atoms with Gasteiger partial charge in [-0.3, -0.25) is 0 Å². The molecular weight excluding hydrogens is 348 g/mol. The third-order valence-electron chi connectivity index (χ3n) is 7.03. The first kappa shape index (κ1) is 18.4. The average Bonchev–Trinajstić information content (AvgIpc) is 2.74. The fourth-order valence-electron chi connectivity index (χ4n) is 5.62. The van der Waals surface area contributed by atoms with Crippen LogP contribution in [-0.2, 0) is 0 Å². The van der Waals surface area contributed by atoms with Gasteiger partial charge < -0.3 is 0 Å². The molecule has 0 fully saturated rings. The Morgan fingerprint density at radius 3 is 2.21 bits per heavy atom. The van der Waals surface area contributed by atoms with E-state index in [4.69, 9.17) is 0 Å². The zero-order valence-corrected chi connectivity index (χ0v) is 17.8. The highest BCUT2D eigenvalue weighted by molar-refractivity contribution is 5.90. The third-order valence-corrected chi connectivity index (χ3v) is 7.03. The van der Waals surface area contributed by atoms with Crippen LogP contribution in [0, 0.1) is 19.8 Å². The van der Waals surface area contributed by atoms with Gasteiger partial charge in [-0.1, -0.05) is 89.0 Å². The molecule has 0 amide bonds. The zero-order chi connectivity index (χ0) is 20.0. The van der Waals surface area contributed by atoms with Crippen LogP contribution in [0.5, 0.6) is 0 Å². The molecule has 0 spiro atoms. The van der Waals surface area contributed by atoms with Gasteiger partial charge in [0.2, 0.25) is 0 Å². The summed E-state index contributed by atoms with van der Waals surface area (Å²) in [6.45, 7) is 6.70. The molecule has 0 saturated carbocycles. The molecule has 3 aliphatic carbocycles. The first-order valence-corrected chi connectivity index (χ1v) is 11.1. The van der Waals surface area contributed by atoms with Crippen molar-refractivity contribution in [3.05, 3.63) is 111 Å². The predicted molar refractivity (Wildman–Crippen MR) is 124 cm³/mol. The SMILES string of the molecule is CC1=CCCC2C1=C(c1ccc(C)cc1)C1=C(CCC=C1)C2c1ccc(C)cc1. The second-order valence-electron chi connectivity index (χ2n) is 8.99. The smallest absolute Gasteiger partial charge is 0.0127 e. The Hall–Kier alpha value is -2.60. The van der Waals surface area contributed by atoms with Gasteiger partial charge in [-0.2, -0.15) is 0 Å². The maximum Gasteiger partial charge on any atom is 0.0127 e. The Kier molecular flexibility index (Phi) is 4.66. The molecule has 0 aliphatic heterocycles. The summed E-state index contributed by atoms with van der Waals surface area (Å²) in [6, 6.07) is 18.5. The molecule has 2 atom stereocenters. The van der Waals surface area contributed by atoms with Crippen LogP contribution >= 0.6 is 0 Å². The van der Waals surface area contributed by atoms with E-state index < -0.39 is 0 Å². The van der Waals surface area contributed by atoms with Crippen LogP contribution in [-0.4, -0.2) is 0 Å². The zero-order valence-electron chi connectivity index (χ0n) is 17.8. The Labute approximate surface area is 175 Å². The maximum atomic E-state index is 2.46. The lowest BCUT2D eigenvalue weighted by Gasteiger charge is -2.42. The summed E-state index contributed by atoms with van der Waals surface area (Å²) >= 11 is 0. The van der Waals surface area contributed by atoms with Crippen molar-refractivity contribution in [1.29, 1.82) is 0 Å². The average molecular weight is 379 g/mol. The molecule has 0 aromatic heterocycles. The first-order valence-electron chi connectivity index (χ1n) is 11.1. The molecule has 0 N–H and O–H groups in total. The quantitative estimate of drug-likeness (QED) is 0.499. The van der Waals surface area contributed by atoms with Crippen molar-refractivity contribution in [1.82, 2.24) is 0 Å². The molecule has 146 valence electrons. The molecule has 2 unspecified atom stereocenters. The monoisotopic (exact) mass is 378 g/mol. The van der Waals surface area contributed by atoms with Crippen molar-refractivity contribution in [2.75, 3.05) is 0 Å². The Balaban J connectivity index is 1.77. The van der Waals surface area contributed by atoms with Crippen molar-refractivity contribution < 1.29 is 0 Å². The molecule has 5 rings (SSSR count). The van der Waals surface area contributed by atoms with Gasteiger partial charge in [-0.25, -0.2) is 0 Å². The molecule has 0 heteroatoms. The summed E-state index contributed by atoms with van der Waals surface area (Å²) in [5.41, 5.74) is 13.3. The predicted octanol–water partition coefficient (Wildman–Crippen LogP) is 7.86. The van der Waals surface area contributed by atoms with E-state index in [9.17, 15) is 0 Å². The summed E-state index contributed by atoms with van der Waals surface area (Å²) < 4.78 is 0. The number of rotatable bonds is 2. The van der Waals surface area contributed by atoms with Crippen molar-refractivity contribution in [3.63, 3.8) is 0 Å². The van der Waals surface area contributed by atoms with E-state index in [0.717, 1.165) is 0 Å². The summed E-state index contributed by atoms with van der Waals surface area (Å²) in [5.74, 6) is 1.10. The van der Waals surface area contributed by atoms with Crippen LogP contribution < -0.4 is 0 Å². The summed E-state index contributed by atoms with van der Waals surface area (Å²) in [5, 5.41) is 0. The number of hydrogen-bond acceptors (Lipinski definition) is 0. The highest BCUT2D eigenvalue weighted by Crippen LogP contribution is 2.55. The van der Waals surface area contributed by atoms with Crippen molar-refractivity contribution in [2.45, 2.75) is 52.4 Å². The fourth-order valence-corrected chi connectivity index (χ4v) is 5.62. The van der Waals surface area contributed by atoms with Crippen molar-refractivity contribution in [3.8, 4) is 0 Å². The summed E-state index contributed by atoms with van der Waals surface area (Å²) in [4.78, 5) is 0. The Morgan fingerprint density at radius 1 is 0.793 bits per heavy atom. The topological polar surface area (TPSA) is 0 Å². The molecule has 0 saturated heterocycles. The van der Waals surface area contributed by atoms with E-state index in [1.165, 1.54) is 64.7 Å². The molecule has 29 heavy (non-hydrogen) atoms. The normalized spacial score (nSPS) is 23.6. The third kappa shape index (κ3) is 3.15. The molecule has 2 aromatic carbocycles. The van der Waals surface area contributed by atoms with Gasteiger partial charge in [0.25, 0.3) is 0 Å². The minimum absolute atomic E-state index is 0.517. The van der Waals surface area contributed by atoms with Gasteiger partial charge in [0.15, 0.2) is 0 Å². The second-order valence-corrected chi connectivity index (χ2v) is 8.99. The lowest BCUT2D eigenvalue weighted by Crippen LogP contribution is -2.27. The van der Waals surface area contributed by atoms with E-state index in [1.54, 1.807) is 11.1 Å². The van der Waals surface area contributed by atoms with Gasteiger partial charge >= 0.3 is 0 Å². The summed E-state index contributed by atoms with van der Waals surface area (Å²) in [6.07, 6.45) is 12.1. The second kappa shape index (κ2) is 7.34. The minimum atomic E-state index is 0.517. The Bertz CT molecular complexity index is 1050. The van der Waals surface area contributed by atoms with Crippen molar-refractivity contribution in [2.24, 2.45) is 5.92 Å². The van der Waals surface area contributed by atoms with Crippen LogP contribution in [0.2, 0.25) is 0 Å². The molecule has 0 heterocycles. The fraction of sp³-hybridized carbons (Fsp3) is 0.310. The van der Waals surface area contributed by atoms with Crippen LogP contribution in [0.15, 0.2) is 89.1 Å². The van der Waals surface area contributed by atoms with Crippen molar-refractivity contribution >= 4 is 5.57 Å². The molecule has 0 nitrogen and oxygen atoms in total. The number of fused-ring (bicyclic) bond motifs is 1. The number of benzene rings is 2. The Morgan fingerprint density at radius 2 is 1.48 bits per heavy atom. The van der Waals surface area contributed by atoms with Gasteiger partial charge in [0.1, 0.15) is 0 Å². The van der Waals surface area contributed by atoms with Gasteiger partial charge in [0, 0.05) is 5.92 Å². The van der Waals surface area contributed by atoms with E-state index in [1.807, 2.05) is 0 Å². The minimum Gasteiger partial charge on any atom is -0.0836 e. The number of hydrogen-bond donors (Lipinski definition) is 0. The molecule has 3 aliphatic rings. The van der Waals surface area contributed by atoms with Gasteiger partial charge in [-0.05, 0) is 80.2 Å². The standard InChI is InChI=1S/C29H30/c1-19-11-15-22(16-12-19)28-24-8-4-5-9-25(24)29(23-17-13-20(2)14-18-23)27-21(3)7-6-10-26(27)28/h5,7,9,11-18,26,28H,4,6,8,10H2,1-3H3. The van der Waals surface area contributed by atoms with Gasteiger partial charge in [-0.15, -0.1) is 0 Å². The lowest BCUT2D eigenvalue weighted by atomic mass is 9.61. The van der Waals surface area contributed by atoms with E-state index in [-0.39, 0.29) is 0 Å². The van der Waals surface area contributed by atoms with Crippen LogP contribution in [0.4, 0.5) is 0 Å². The first-order chi connectivity index (χ1) is 14.1. The van der Waals surface area contributed by atoms with E-state index >= 15 is 0 Å². The largest absolute Gasteiger partial charge is 0.0836 e. The van der Waals surface area contributed by atoms with Crippen LogP contribution in [0.25, 0.3) is 5.57 Å². The molecule has 0 bridgehead atoms. The van der Waals surface area contributed by atoms with Crippen LogP contribution in [0.3, 0.4) is 0 Å². The summed E-state index contributed by atoms with van der Waals surface area (Å²) in [7, 11) is 0. The van der Waals surface area contributed by atoms with E-state index in [2.05, 4.69) is 87.5 Å². The highest BCUT2D eigenvalue weighted by Gasteiger charge is 2.39. The number of allylic oxidation sites excluding steroid dienone is 8. The number of aryl methyl sites for hydroxylation is 2. The van der Waals surface area contributed by atoms with Crippen LogP contribution in [0.1, 0.15) is 60.8 Å². The van der Waals surface area contributed by atoms with Gasteiger partial charge in [0.05, 0.1) is 0 Å². The molecule has 0 radical (unpaired) electrons. The highest BCUT2D eigenvalue weighted by atomic mass is 14.4. The maximum absolute atomic E-state index is 2.46. The molecular formula is C29H30. The molecule has 2 aromatic rings. The van der Waals surface area contributed by atoms with E-state index in [0.29, 0.717) is 11.8 Å². The lowest BCUT2D eigenvalue weighted by molar-refractivity contribution is 0.472.